The normalized spacial score (nSPS) is 16.7. The second-order valence-corrected chi connectivity index (χ2v) is 4.93. The average molecular weight is 268 g/mol. The Balaban J connectivity index is 1.88. The Kier molecular flexibility index (Phi) is 4.47. The predicted octanol–water partition coefficient (Wildman–Crippen LogP) is 1.85. The van der Waals surface area contributed by atoms with Crippen LogP contribution < -0.4 is 5.73 Å². The molecule has 0 spiro atoms. The van der Waals surface area contributed by atoms with Gasteiger partial charge in [0.05, 0.1) is 0 Å². The number of carbonyl (C=O) groups is 1. The lowest BCUT2D eigenvalue weighted by molar-refractivity contribution is -0.132. The molecule has 1 aromatic carbocycles. The molecule has 2 rings (SSSR count). The third-order valence-electron chi connectivity index (χ3n) is 3.53. The molecule has 5 heteroatoms. The van der Waals surface area contributed by atoms with Crippen molar-refractivity contribution in [2.75, 3.05) is 13.1 Å². The molecule has 0 aliphatic carbocycles. The van der Waals surface area contributed by atoms with Gasteiger partial charge in [0.2, 0.25) is 5.91 Å². The van der Waals surface area contributed by atoms with Gasteiger partial charge in [0.15, 0.2) is 11.6 Å². The summed E-state index contributed by atoms with van der Waals surface area (Å²) in [7, 11) is 0. The molecule has 0 aromatic heterocycles. The van der Waals surface area contributed by atoms with Gasteiger partial charge in [-0.25, -0.2) is 8.78 Å². The molecule has 1 heterocycles. The van der Waals surface area contributed by atoms with E-state index in [1.807, 2.05) is 0 Å². The SMILES string of the molecule is NC1CCN(C(=O)CCc2cccc(F)c2F)CC1. The number of rotatable bonds is 3. The summed E-state index contributed by atoms with van der Waals surface area (Å²) in [5.41, 5.74) is 6.02. The summed E-state index contributed by atoms with van der Waals surface area (Å²) in [6, 6.07) is 4.22. The fourth-order valence-electron chi connectivity index (χ4n) is 2.29. The molecule has 3 nitrogen and oxygen atoms in total. The van der Waals surface area contributed by atoms with E-state index in [9.17, 15) is 13.6 Å². The summed E-state index contributed by atoms with van der Waals surface area (Å²) in [4.78, 5) is 13.7. The first kappa shape index (κ1) is 13.9. The van der Waals surface area contributed by atoms with E-state index in [2.05, 4.69) is 0 Å². The maximum Gasteiger partial charge on any atom is 0.222 e. The van der Waals surface area contributed by atoms with Crippen molar-refractivity contribution < 1.29 is 13.6 Å². The standard InChI is InChI=1S/C14H18F2N2O/c15-12-3-1-2-10(14(12)16)4-5-13(19)18-8-6-11(17)7-9-18/h1-3,11H,4-9,17H2. The fraction of sp³-hybridized carbons (Fsp3) is 0.500. The van der Waals surface area contributed by atoms with Crippen LogP contribution in [0.5, 0.6) is 0 Å². The van der Waals surface area contributed by atoms with Crippen LogP contribution in [0.3, 0.4) is 0 Å². The maximum absolute atomic E-state index is 13.4. The van der Waals surface area contributed by atoms with Crippen molar-refractivity contribution in [1.29, 1.82) is 0 Å². The van der Waals surface area contributed by atoms with Gasteiger partial charge in [0, 0.05) is 25.6 Å². The number of aryl methyl sites for hydroxylation is 1. The molecule has 1 saturated heterocycles. The number of benzene rings is 1. The molecule has 0 saturated carbocycles. The van der Waals surface area contributed by atoms with E-state index in [4.69, 9.17) is 5.73 Å². The summed E-state index contributed by atoms with van der Waals surface area (Å²) in [6.07, 6.45) is 2.04. The molecule has 19 heavy (non-hydrogen) atoms. The summed E-state index contributed by atoms with van der Waals surface area (Å²) < 4.78 is 26.4. The fourth-order valence-corrected chi connectivity index (χ4v) is 2.29. The van der Waals surface area contributed by atoms with Gasteiger partial charge in [-0.05, 0) is 30.9 Å². The van der Waals surface area contributed by atoms with Gasteiger partial charge >= 0.3 is 0 Å². The van der Waals surface area contributed by atoms with Crippen molar-refractivity contribution in [1.82, 2.24) is 4.90 Å². The van der Waals surface area contributed by atoms with Gasteiger partial charge in [0.25, 0.3) is 0 Å². The zero-order valence-electron chi connectivity index (χ0n) is 10.7. The lowest BCUT2D eigenvalue weighted by atomic mass is 10.0. The molecular formula is C14H18F2N2O. The number of likely N-dealkylation sites (tertiary alicyclic amines) is 1. The number of halogens is 2. The second-order valence-electron chi connectivity index (χ2n) is 4.93. The van der Waals surface area contributed by atoms with Crippen LogP contribution in [0.4, 0.5) is 8.78 Å². The smallest absolute Gasteiger partial charge is 0.222 e. The summed E-state index contributed by atoms with van der Waals surface area (Å²) in [5.74, 6) is -1.74. The van der Waals surface area contributed by atoms with Gasteiger partial charge in [-0.2, -0.15) is 0 Å². The number of carbonyl (C=O) groups excluding carboxylic acids is 1. The van der Waals surface area contributed by atoms with E-state index < -0.39 is 11.6 Å². The number of nitrogens with zero attached hydrogens (tertiary/aromatic N) is 1. The molecular weight excluding hydrogens is 250 g/mol. The Morgan fingerprint density at radius 2 is 2.00 bits per heavy atom. The lowest BCUT2D eigenvalue weighted by Crippen LogP contribution is -2.42. The van der Waals surface area contributed by atoms with Crippen LogP contribution in [0.2, 0.25) is 0 Å². The quantitative estimate of drug-likeness (QED) is 0.909. The zero-order chi connectivity index (χ0) is 13.8. The van der Waals surface area contributed by atoms with Crippen LogP contribution in [0.1, 0.15) is 24.8 Å². The van der Waals surface area contributed by atoms with E-state index in [-0.39, 0.29) is 30.4 Å². The Bertz CT molecular complexity index is 457. The van der Waals surface area contributed by atoms with Crippen LogP contribution in [-0.4, -0.2) is 29.9 Å². The van der Waals surface area contributed by atoms with Crippen molar-refractivity contribution in [3.05, 3.63) is 35.4 Å². The summed E-state index contributed by atoms with van der Waals surface area (Å²) >= 11 is 0. The molecule has 1 aliphatic rings. The van der Waals surface area contributed by atoms with E-state index in [0.717, 1.165) is 18.9 Å². The maximum atomic E-state index is 13.4. The Morgan fingerprint density at radius 3 is 2.68 bits per heavy atom. The number of hydrogen-bond donors (Lipinski definition) is 1. The Labute approximate surface area is 111 Å². The highest BCUT2D eigenvalue weighted by atomic mass is 19.2. The first-order valence-corrected chi connectivity index (χ1v) is 6.54. The van der Waals surface area contributed by atoms with Gasteiger partial charge < -0.3 is 10.6 Å². The minimum absolute atomic E-state index is 0.0180. The lowest BCUT2D eigenvalue weighted by Gasteiger charge is -2.30. The van der Waals surface area contributed by atoms with Crippen LogP contribution in [0, 0.1) is 11.6 Å². The Hall–Kier alpha value is -1.49. The van der Waals surface area contributed by atoms with Crippen LogP contribution >= 0.6 is 0 Å². The van der Waals surface area contributed by atoms with E-state index in [1.54, 1.807) is 4.90 Å². The second kappa shape index (κ2) is 6.10. The van der Waals surface area contributed by atoms with Gasteiger partial charge in [-0.15, -0.1) is 0 Å². The average Bonchev–Trinajstić information content (AvgIpc) is 2.41. The summed E-state index contributed by atoms with van der Waals surface area (Å²) in [5, 5.41) is 0. The van der Waals surface area contributed by atoms with Gasteiger partial charge in [0.1, 0.15) is 0 Å². The molecule has 104 valence electrons. The van der Waals surface area contributed by atoms with E-state index in [0.29, 0.717) is 13.1 Å². The first-order chi connectivity index (χ1) is 9.08. The number of piperidine rings is 1. The molecule has 1 amide bonds. The molecule has 1 aliphatic heterocycles. The highest BCUT2D eigenvalue weighted by Gasteiger charge is 2.20. The molecule has 1 fully saturated rings. The van der Waals surface area contributed by atoms with E-state index >= 15 is 0 Å². The summed E-state index contributed by atoms with van der Waals surface area (Å²) in [6.45, 7) is 1.32. The van der Waals surface area contributed by atoms with Crippen LogP contribution in [0.25, 0.3) is 0 Å². The van der Waals surface area contributed by atoms with Crippen molar-refractivity contribution in [3.8, 4) is 0 Å². The third kappa shape index (κ3) is 3.50. The number of hydrogen-bond acceptors (Lipinski definition) is 2. The minimum atomic E-state index is -0.867. The van der Waals surface area contributed by atoms with E-state index in [1.165, 1.54) is 12.1 Å². The van der Waals surface area contributed by atoms with Crippen LogP contribution in [-0.2, 0) is 11.2 Å². The molecule has 0 bridgehead atoms. The van der Waals surface area contributed by atoms with Crippen molar-refractivity contribution in [2.24, 2.45) is 5.73 Å². The molecule has 0 radical (unpaired) electrons. The van der Waals surface area contributed by atoms with Gasteiger partial charge in [-0.1, -0.05) is 12.1 Å². The van der Waals surface area contributed by atoms with Crippen molar-refractivity contribution in [3.63, 3.8) is 0 Å². The molecule has 0 unspecified atom stereocenters. The van der Waals surface area contributed by atoms with Crippen LogP contribution in [0.15, 0.2) is 18.2 Å². The third-order valence-corrected chi connectivity index (χ3v) is 3.53. The first-order valence-electron chi connectivity index (χ1n) is 6.54. The molecule has 1 aromatic rings. The highest BCUT2D eigenvalue weighted by Crippen LogP contribution is 2.15. The Morgan fingerprint density at radius 1 is 1.32 bits per heavy atom. The monoisotopic (exact) mass is 268 g/mol. The molecule has 2 N–H and O–H groups in total. The largest absolute Gasteiger partial charge is 0.343 e. The zero-order valence-corrected chi connectivity index (χ0v) is 10.7. The highest BCUT2D eigenvalue weighted by molar-refractivity contribution is 5.76. The number of amides is 1. The molecule has 0 atom stereocenters. The minimum Gasteiger partial charge on any atom is -0.343 e. The van der Waals surface area contributed by atoms with Crippen molar-refractivity contribution in [2.45, 2.75) is 31.7 Å². The number of nitrogens with two attached hydrogens (primary N) is 1. The predicted molar refractivity (Wildman–Crippen MR) is 68.5 cm³/mol. The van der Waals surface area contributed by atoms with Gasteiger partial charge in [-0.3, -0.25) is 4.79 Å². The van der Waals surface area contributed by atoms with Crippen molar-refractivity contribution >= 4 is 5.91 Å². The topological polar surface area (TPSA) is 46.3 Å².